The van der Waals surface area contributed by atoms with Crippen LogP contribution in [0.3, 0.4) is 0 Å². The predicted octanol–water partition coefficient (Wildman–Crippen LogP) is 2.45. The average Bonchev–Trinajstić information content (AvgIpc) is 3.00. The highest BCUT2D eigenvalue weighted by Crippen LogP contribution is 2.26. The second-order valence-electron chi connectivity index (χ2n) is 4.12. The van der Waals surface area contributed by atoms with Crippen molar-refractivity contribution in [3.8, 4) is 5.75 Å². The number of aromatic nitrogens is 2. The number of amides is 1. The lowest BCUT2D eigenvalue weighted by Gasteiger charge is -2.08. The zero-order valence-electron chi connectivity index (χ0n) is 12.6. The monoisotopic (exact) mass is 353 g/mol. The Bertz CT molecular complexity index is 690. The van der Waals surface area contributed by atoms with Gasteiger partial charge in [-0.1, -0.05) is 35.2 Å². The van der Waals surface area contributed by atoms with Crippen LogP contribution in [0.25, 0.3) is 0 Å². The molecule has 1 N–H and O–H groups in total. The molecule has 0 atom stereocenters. The number of para-hydroxylation sites is 1. The minimum Gasteiger partial charge on any atom is -0.493 e. The highest BCUT2D eigenvalue weighted by Gasteiger charge is 2.15. The molecule has 0 saturated heterocycles. The van der Waals surface area contributed by atoms with Crippen molar-refractivity contribution in [2.75, 3.05) is 24.8 Å². The summed E-state index contributed by atoms with van der Waals surface area (Å²) in [5.41, 5.74) is 0.424. The summed E-state index contributed by atoms with van der Waals surface area (Å²) in [7, 11) is 1.32. The molecule has 7 nitrogen and oxygen atoms in total. The summed E-state index contributed by atoms with van der Waals surface area (Å²) in [6.45, 7) is 2.32. The van der Waals surface area contributed by atoms with Crippen LogP contribution >= 0.6 is 23.1 Å². The number of methoxy groups -OCH3 is 1. The van der Waals surface area contributed by atoms with E-state index in [1.165, 1.54) is 30.2 Å². The fraction of sp³-hybridized carbons (Fsp3) is 0.286. The SMILES string of the molecule is CCOc1ccccc1C(=O)Nc1nnc(SCC(=O)OC)s1. The minimum atomic E-state index is -0.346. The second kappa shape index (κ2) is 8.49. The number of hydrogen-bond acceptors (Lipinski definition) is 8. The fourth-order valence-corrected chi connectivity index (χ4v) is 3.18. The van der Waals surface area contributed by atoms with Gasteiger partial charge >= 0.3 is 5.97 Å². The molecule has 0 unspecified atom stereocenters. The van der Waals surface area contributed by atoms with E-state index in [-0.39, 0.29) is 17.6 Å². The van der Waals surface area contributed by atoms with Crippen LogP contribution in [0.4, 0.5) is 5.13 Å². The average molecular weight is 353 g/mol. The largest absolute Gasteiger partial charge is 0.493 e. The highest BCUT2D eigenvalue weighted by molar-refractivity contribution is 8.01. The van der Waals surface area contributed by atoms with Crippen molar-refractivity contribution < 1.29 is 19.1 Å². The standard InChI is InChI=1S/C14H15N3O4S2/c1-3-21-10-7-5-4-6-9(10)12(19)15-13-16-17-14(23-13)22-8-11(18)20-2/h4-7H,3,8H2,1-2H3,(H,15,16,19). The number of carbonyl (C=O) groups excluding carboxylic acids is 2. The lowest BCUT2D eigenvalue weighted by molar-refractivity contribution is -0.137. The summed E-state index contributed by atoms with van der Waals surface area (Å²) in [4.78, 5) is 23.4. The number of nitrogens with one attached hydrogen (secondary N) is 1. The van der Waals surface area contributed by atoms with E-state index in [2.05, 4.69) is 20.3 Å². The summed E-state index contributed by atoms with van der Waals surface area (Å²) < 4.78 is 10.6. The number of carbonyl (C=O) groups is 2. The topological polar surface area (TPSA) is 90.4 Å². The van der Waals surface area contributed by atoms with E-state index >= 15 is 0 Å². The zero-order valence-corrected chi connectivity index (χ0v) is 14.2. The summed E-state index contributed by atoms with van der Waals surface area (Å²) in [5.74, 6) is -0.0137. The first kappa shape index (κ1) is 17.2. The van der Waals surface area contributed by atoms with E-state index in [1.54, 1.807) is 24.3 Å². The lowest BCUT2D eigenvalue weighted by atomic mass is 10.2. The molecule has 1 amide bonds. The van der Waals surface area contributed by atoms with Crippen molar-refractivity contribution in [1.82, 2.24) is 10.2 Å². The molecule has 0 radical (unpaired) electrons. The first-order valence-electron chi connectivity index (χ1n) is 6.70. The molecular formula is C14H15N3O4S2. The molecule has 1 aromatic heterocycles. The van der Waals surface area contributed by atoms with Gasteiger partial charge in [0.15, 0.2) is 4.34 Å². The Balaban J connectivity index is 2.01. The molecule has 2 aromatic rings. The van der Waals surface area contributed by atoms with Gasteiger partial charge in [-0.3, -0.25) is 14.9 Å². The Hall–Kier alpha value is -2.13. The van der Waals surface area contributed by atoms with E-state index in [0.717, 1.165) is 0 Å². The maximum absolute atomic E-state index is 12.3. The van der Waals surface area contributed by atoms with Crippen molar-refractivity contribution in [2.24, 2.45) is 0 Å². The van der Waals surface area contributed by atoms with Gasteiger partial charge in [0.05, 0.1) is 25.0 Å². The van der Waals surface area contributed by atoms with Gasteiger partial charge in [0, 0.05) is 0 Å². The number of benzene rings is 1. The van der Waals surface area contributed by atoms with Crippen molar-refractivity contribution >= 4 is 40.1 Å². The lowest BCUT2D eigenvalue weighted by Crippen LogP contribution is -2.13. The van der Waals surface area contributed by atoms with E-state index < -0.39 is 0 Å². The molecule has 0 saturated carbocycles. The Kier molecular flexibility index (Phi) is 6.36. The molecule has 1 aromatic carbocycles. The van der Waals surface area contributed by atoms with Crippen LogP contribution in [0.15, 0.2) is 28.6 Å². The van der Waals surface area contributed by atoms with Gasteiger partial charge in [0.2, 0.25) is 5.13 Å². The van der Waals surface area contributed by atoms with Crippen molar-refractivity contribution in [3.05, 3.63) is 29.8 Å². The van der Waals surface area contributed by atoms with Gasteiger partial charge < -0.3 is 9.47 Å². The summed E-state index contributed by atoms with van der Waals surface area (Å²) in [6.07, 6.45) is 0. The third kappa shape index (κ3) is 4.93. The van der Waals surface area contributed by atoms with Gasteiger partial charge in [0.25, 0.3) is 5.91 Å². The van der Waals surface area contributed by atoms with Crippen LogP contribution in [0.5, 0.6) is 5.75 Å². The zero-order chi connectivity index (χ0) is 16.7. The molecule has 23 heavy (non-hydrogen) atoms. The molecular weight excluding hydrogens is 338 g/mol. The van der Waals surface area contributed by atoms with E-state index in [9.17, 15) is 9.59 Å². The quantitative estimate of drug-likeness (QED) is 0.464. The fourth-order valence-electron chi connectivity index (χ4n) is 1.60. The normalized spacial score (nSPS) is 10.2. The number of esters is 1. The summed E-state index contributed by atoms with van der Waals surface area (Å²) in [6, 6.07) is 6.97. The van der Waals surface area contributed by atoms with Crippen molar-refractivity contribution in [3.63, 3.8) is 0 Å². The van der Waals surface area contributed by atoms with Gasteiger partial charge in [-0.25, -0.2) is 0 Å². The maximum atomic E-state index is 12.3. The third-order valence-corrected chi connectivity index (χ3v) is 4.55. The van der Waals surface area contributed by atoms with Crippen LogP contribution < -0.4 is 10.1 Å². The smallest absolute Gasteiger partial charge is 0.316 e. The number of thioether (sulfide) groups is 1. The van der Waals surface area contributed by atoms with Crippen LogP contribution in [0.2, 0.25) is 0 Å². The third-order valence-electron chi connectivity index (χ3n) is 2.60. The van der Waals surface area contributed by atoms with Crippen molar-refractivity contribution in [2.45, 2.75) is 11.3 Å². The Morgan fingerprint density at radius 3 is 2.83 bits per heavy atom. The Labute approximate surface area is 141 Å². The number of anilines is 1. The first-order valence-corrected chi connectivity index (χ1v) is 8.50. The van der Waals surface area contributed by atoms with Crippen LogP contribution in [0, 0.1) is 0 Å². The van der Waals surface area contributed by atoms with Gasteiger partial charge in [0.1, 0.15) is 5.75 Å². The van der Waals surface area contributed by atoms with Gasteiger partial charge in [-0.05, 0) is 19.1 Å². The summed E-state index contributed by atoms with van der Waals surface area (Å²) in [5, 5.41) is 10.8. The number of ether oxygens (including phenoxy) is 2. The molecule has 0 bridgehead atoms. The molecule has 1 heterocycles. The first-order chi connectivity index (χ1) is 11.1. The van der Waals surface area contributed by atoms with Gasteiger partial charge in [-0.2, -0.15) is 0 Å². The number of hydrogen-bond donors (Lipinski definition) is 1. The number of rotatable bonds is 7. The molecule has 0 aliphatic rings. The van der Waals surface area contributed by atoms with E-state index in [0.29, 0.717) is 27.4 Å². The Morgan fingerprint density at radius 1 is 1.30 bits per heavy atom. The van der Waals surface area contributed by atoms with Gasteiger partial charge in [-0.15, -0.1) is 10.2 Å². The van der Waals surface area contributed by atoms with Crippen LogP contribution in [0.1, 0.15) is 17.3 Å². The van der Waals surface area contributed by atoms with Crippen LogP contribution in [-0.2, 0) is 9.53 Å². The summed E-state index contributed by atoms with van der Waals surface area (Å²) >= 11 is 2.39. The maximum Gasteiger partial charge on any atom is 0.316 e. The molecule has 0 spiro atoms. The molecule has 122 valence electrons. The minimum absolute atomic E-state index is 0.145. The van der Waals surface area contributed by atoms with Crippen molar-refractivity contribution in [1.29, 1.82) is 0 Å². The van der Waals surface area contributed by atoms with E-state index in [4.69, 9.17) is 4.74 Å². The van der Waals surface area contributed by atoms with E-state index in [1.807, 2.05) is 6.92 Å². The molecule has 0 aliphatic carbocycles. The highest BCUT2D eigenvalue weighted by atomic mass is 32.2. The molecule has 9 heteroatoms. The molecule has 2 rings (SSSR count). The Morgan fingerprint density at radius 2 is 2.09 bits per heavy atom. The molecule has 0 aliphatic heterocycles. The number of nitrogens with zero attached hydrogens (tertiary/aromatic N) is 2. The van der Waals surface area contributed by atoms with Crippen LogP contribution in [-0.4, -0.2) is 41.5 Å². The molecule has 0 fully saturated rings. The predicted molar refractivity (Wildman–Crippen MR) is 88.2 cm³/mol. The second-order valence-corrected chi connectivity index (χ2v) is 6.32.